The van der Waals surface area contributed by atoms with Crippen molar-refractivity contribution in [3.63, 3.8) is 0 Å². The fraction of sp³-hybridized carbons (Fsp3) is 0.0625. The van der Waals surface area contributed by atoms with Crippen LogP contribution in [0.5, 0.6) is 11.6 Å². The summed E-state index contributed by atoms with van der Waals surface area (Å²) in [5, 5.41) is 18.1. The summed E-state index contributed by atoms with van der Waals surface area (Å²) in [6.45, 7) is -0.267. The average Bonchev–Trinajstić information content (AvgIpc) is 2.87. The quantitative estimate of drug-likeness (QED) is 0.414. The van der Waals surface area contributed by atoms with Crippen molar-refractivity contribution in [2.75, 3.05) is 6.61 Å². The van der Waals surface area contributed by atoms with Crippen molar-refractivity contribution < 1.29 is 14.6 Å². The van der Waals surface area contributed by atoms with Gasteiger partial charge in [0.1, 0.15) is 5.75 Å². The van der Waals surface area contributed by atoms with Gasteiger partial charge in [-0.3, -0.25) is 4.79 Å². The Labute approximate surface area is 167 Å². The predicted octanol–water partition coefficient (Wildman–Crippen LogP) is 5.85. The lowest BCUT2D eigenvalue weighted by atomic mass is 10.2. The Hall–Kier alpha value is -1.71. The topological polar surface area (TPSA) is 87.0 Å². The third-order valence-corrected chi connectivity index (χ3v) is 4.83. The van der Waals surface area contributed by atoms with Crippen LogP contribution in [0.1, 0.15) is 0 Å². The van der Waals surface area contributed by atoms with Gasteiger partial charge in [0, 0.05) is 14.3 Å². The lowest BCUT2D eigenvalue weighted by molar-refractivity contribution is -0.120. The molecule has 0 fully saturated rings. The Morgan fingerprint density at radius 3 is 2.60 bits per heavy atom. The van der Waals surface area contributed by atoms with E-state index >= 15 is 0 Å². The van der Waals surface area contributed by atoms with Gasteiger partial charge in [-0.15, -0.1) is 10.2 Å². The smallest absolute Gasteiger partial charge is 0.302 e. The second-order valence-corrected chi connectivity index (χ2v) is 7.65. The maximum absolute atomic E-state index is 11.9. The van der Waals surface area contributed by atoms with E-state index in [0.717, 1.165) is 8.95 Å². The van der Waals surface area contributed by atoms with Crippen LogP contribution in [-0.4, -0.2) is 22.6 Å². The standard InChI is InChI=1S/C16H10Br3N3O3/c17-8-1-3-12-10(5-8)15(16(24)20-12)22-21-14(23)7-25-13-4-2-9(18)6-11(13)19/h1-6,20,24H,7H2. The molecule has 2 N–H and O–H groups in total. The molecule has 0 atom stereocenters. The monoisotopic (exact) mass is 529 g/mol. The summed E-state index contributed by atoms with van der Waals surface area (Å²) in [6.07, 6.45) is 0. The van der Waals surface area contributed by atoms with Gasteiger partial charge in [0.25, 0.3) is 0 Å². The number of benzene rings is 2. The molecular weight excluding hydrogens is 522 g/mol. The third kappa shape index (κ3) is 4.28. The van der Waals surface area contributed by atoms with Crippen molar-refractivity contribution in [3.05, 3.63) is 49.8 Å². The molecule has 0 radical (unpaired) electrons. The first-order chi connectivity index (χ1) is 11.9. The number of nitrogens with one attached hydrogen (secondary N) is 1. The molecule has 6 nitrogen and oxygen atoms in total. The first-order valence-corrected chi connectivity index (χ1v) is 9.34. The number of aromatic amines is 1. The van der Waals surface area contributed by atoms with E-state index in [1.165, 1.54) is 0 Å². The van der Waals surface area contributed by atoms with Gasteiger partial charge >= 0.3 is 5.91 Å². The molecule has 128 valence electrons. The highest BCUT2D eigenvalue weighted by Crippen LogP contribution is 2.36. The van der Waals surface area contributed by atoms with Crippen LogP contribution in [0.4, 0.5) is 5.69 Å². The van der Waals surface area contributed by atoms with E-state index in [-0.39, 0.29) is 18.2 Å². The number of carbonyl (C=O) groups excluding carboxylic acids is 1. The SMILES string of the molecule is O=C(COc1ccc(Br)cc1Br)N=Nc1c(O)[nH]c2ccc(Br)cc12. The predicted molar refractivity (Wildman–Crippen MR) is 105 cm³/mol. The maximum atomic E-state index is 11.9. The summed E-state index contributed by atoms with van der Waals surface area (Å²) in [5.41, 5.74) is 0.895. The van der Waals surface area contributed by atoms with Crippen LogP contribution in [0.3, 0.4) is 0 Å². The lowest BCUT2D eigenvalue weighted by Gasteiger charge is -2.05. The first-order valence-electron chi connectivity index (χ1n) is 6.96. The molecule has 9 heteroatoms. The zero-order valence-electron chi connectivity index (χ0n) is 12.5. The Kier molecular flexibility index (Phi) is 5.55. The van der Waals surface area contributed by atoms with Crippen LogP contribution in [0, 0.1) is 0 Å². The minimum absolute atomic E-state index is 0.152. The van der Waals surface area contributed by atoms with Crippen molar-refractivity contribution in [2.45, 2.75) is 0 Å². The lowest BCUT2D eigenvalue weighted by Crippen LogP contribution is -2.08. The van der Waals surface area contributed by atoms with Crippen LogP contribution in [0.2, 0.25) is 0 Å². The molecule has 25 heavy (non-hydrogen) atoms. The van der Waals surface area contributed by atoms with Gasteiger partial charge in [-0.2, -0.15) is 0 Å². The molecule has 1 amide bonds. The molecule has 0 bridgehead atoms. The Balaban J connectivity index is 1.72. The summed E-state index contributed by atoms with van der Waals surface area (Å²) in [7, 11) is 0. The van der Waals surface area contributed by atoms with Crippen LogP contribution in [-0.2, 0) is 4.79 Å². The van der Waals surface area contributed by atoms with E-state index in [0.29, 0.717) is 21.1 Å². The molecule has 0 saturated carbocycles. The van der Waals surface area contributed by atoms with E-state index in [2.05, 4.69) is 63.0 Å². The van der Waals surface area contributed by atoms with Crippen LogP contribution in [0.25, 0.3) is 10.9 Å². The fourth-order valence-electron chi connectivity index (χ4n) is 2.10. The number of azo groups is 1. The Morgan fingerprint density at radius 2 is 1.84 bits per heavy atom. The van der Waals surface area contributed by atoms with Crippen molar-refractivity contribution in [3.8, 4) is 11.6 Å². The van der Waals surface area contributed by atoms with Gasteiger partial charge in [-0.25, -0.2) is 0 Å². The zero-order chi connectivity index (χ0) is 18.0. The molecule has 3 aromatic rings. The molecular formula is C16H10Br3N3O3. The van der Waals surface area contributed by atoms with Crippen molar-refractivity contribution >= 4 is 70.3 Å². The molecule has 0 saturated heterocycles. The number of aromatic nitrogens is 1. The number of ether oxygens (including phenoxy) is 1. The number of hydrogen-bond donors (Lipinski definition) is 2. The average molecular weight is 532 g/mol. The number of nitrogens with zero attached hydrogens (tertiary/aromatic N) is 2. The fourth-order valence-corrected chi connectivity index (χ4v) is 3.63. The van der Waals surface area contributed by atoms with E-state index in [1.54, 1.807) is 24.3 Å². The largest absolute Gasteiger partial charge is 0.493 e. The zero-order valence-corrected chi connectivity index (χ0v) is 17.2. The van der Waals surface area contributed by atoms with E-state index in [1.807, 2.05) is 12.1 Å². The summed E-state index contributed by atoms with van der Waals surface area (Å²) < 4.78 is 7.84. The molecule has 2 aromatic carbocycles. The second-order valence-electron chi connectivity index (χ2n) is 4.97. The van der Waals surface area contributed by atoms with E-state index in [4.69, 9.17) is 4.74 Å². The highest BCUT2D eigenvalue weighted by Gasteiger charge is 2.12. The number of rotatable bonds is 4. The number of H-pyrrole nitrogens is 1. The molecule has 0 aliphatic carbocycles. The van der Waals surface area contributed by atoms with Crippen LogP contribution in [0.15, 0.2) is 60.0 Å². The summed E-state index contributed by atoms with van der Waals surface area (Å²) in [5.74, 6) is -0.203. The van der Waals surface area contributed by atoms with Gasteiger partial charge < -0.3 is 14.8 Å². The minimum atomic E-state index is -0.571. The van der Waals surface area contributed by atoms with Crippen molar-refractivity contribution in [2.24, 2.45) is 10.2 Å². The van der Waals surface area contributed by atoms with E-state index < -0.39 is 5.91 Å². The maximum Gasteiger partial charge on any atom is 0.302 e. The van der Waals surface area contributed by atoms with Crippen LogP contribution >= 0.6 is 47.8 Å². The van der Waals surface area contributed by atoms with Gasteiger partial charge in [0.15, 0.2) is 12.3 Å². The summed E-state index contributed by atoms with van der Waals surface area (Å²) >= 11 is 10.0. The van der Waals surface area contributed by atoms with Crippen LogP contribution < -0.4 is 4.74 Å². The molecule has 0 aliphatic heterocycles. The number of amides is 1. The van der Waals surface area contributed by atoms with E-state index in [9.17, 15) is 9.90 Å². The van der Waals surface area contributed by atoms with Gasteiger partial charge in [-0.1, -0.05) is 31.9 Å². The third-order valence-electron chi connectivity index (χ3n) is 3.22. The molecule has 1 aromatic heterocycles. The molecule has 3 rings (SSSR count). The van der Waals surface area contributed by atoms with Gasteiger partial charge in [-0.05, 0) is 52.3 Å². The van der Waals surface area contributed by atoms with Gasteiger partial charge in [0.05, 0.1) is 9.99 Å². The summed E-state index contributed by atoms with van der Waals surface area (Å²) in [6, 6.07) is 10.7. The molecule has 0 spiro atoms. The minimum Gasteiger partial charge on any atom is -0.493 e. The molecule has 0 unspecified atom stereocenters. The van der Waals surface area contributed by atoms with Crippen molar-refractivity contribution in [1.82, 2.24) is 4.98 Å². The highest BCUT2D eigenvalue weighted by atomic mass is 79.9. The Bertz CT molecular complexity index is 985. The number of halogens is 3. The number of hydrogen-bond acceptors (Lipinski definition) is 4. The Morgan fingerprint density at radius 1 is 1.12 bits per heavy atom. The normalized spacial score (nSPS) is 11.3. The van der Waals surface area contributed by atoms with Gasteiger partial charge in [0.2, 0.25) is 5.88 Å². The first kappa shape index (κ1) is 18.1. The second kappa shape index (κ2) is 7.67. The number of fused-ring (bicyclic) bond motifs is 1. The summed E-state index contributed by atoms with van der Waals surface area (Å²) in [4.78, 5) is 14.7. The molecule has 1 heterocycles. The number of aromatic hydroxyl groups is 1. The molecule has 0 aliphatic rings. The number of carbonyl (C=O) groups is 1. The highest BCUT2D eigenvalue weighted by molar-refractivity contribution is 9.11. The van der Waals surface area contributed by atoms with Crippen molar-refractivity contribution in [1.29, 1.82) is 0 Å².